The van der Waals surface area contributed by atoms with Crippen molar-refractivity contribution in [3.05, 3.63) is 28.7 Å². The number of halogens is 1. The summed E-state index contributed by atoms with van der Waals surface area (Å²) in [5.41, 5.74) is 5.66. The molecule has 1 fully saturated rings. The first-order valence-corrected chi connectivity index (χ1v) is 10.3. The number of rotatable bonds is 7. The Balaban J connectivity index is 1.64. The number of hydrogen-bond donors (Lipinski definition) is 3. The van der Waals surface area contributed by atoms with Gasteiger partial charge >= 0.3 is 0 Å². The average molecular weight is 438 g/mol. The van der Waals surface area contributed by atoms with E-state index in [4.69, 9.17) is 0 Å². The van der Waals surface area contributed by atoms with Crippen LogP contribution in [-0.2, 0) is 14.4 Å². The monoisotopic (exact) mass is 437 g/mol. The summed E-state index contributed by atoms with van der Waals surface area (Å²) in [6.07, 6.45) is 6.67. The lowest BCUT2D eigenvalue weighted by atomic mass is 9.87. The topological polar surface area (TPSA) is 87.3 Å². The van der Waals surface area contributed by atoms with Crippen molar-refractivity contribution in [3.63, 3.8) is 0 Å². The Morgan fingerprint density at radius 1 is 1.04 bits per heavy atom. The smallest absolute Gasteiger partial charge is 0.238 e. The van der Waals surface area contributed by atoms with E-state index in [9.17, 15) is 14.4 Å². The molecule has 0 saturated heterocycles. The van der Waals surface area contributed by atoms with Crippen LogP contribution in [0.3, 0.4) is 0 Å². The van der Waals surface area contributed by atoms with E-state index in [1.54, 1.807) is 0 Å². The fourth-order valence-corrected chi connectivity index (χ4v) is 3.78. The van der Waals surface area contributed by atoms with Crippen LogP contribution >= 0.6 is 15.9 Å². The Morgan fingerprint density at radius 3 is 2.41 bits per heavy atom. The van der Waals surface area contributed by atoms with Crippen LogP contribution in [0.2, 0.25) is 0 Å². The van der Waals surface area contributed by atoms with Gasteiger partial charge in [0.2, 0.25) is 17.7 Å². The maximum absolute atomic E-state index is 12.1. The number of amides is 3. The van der Waals surface area contributed by atoms with Gasteiger partial charge in [-0.25, -0.2) is 0 Å². The Kier molecular flexibility index (Phi) is 8.78. The fourth-order valence-electron chi connectivity index (χ4n) is 3.38. The maximum atomic E-state index is 12.1. The third kappa shape index (κ3) is 8.56. The Hall–Kier alpha value is -1.89. The summed E-state index contributed by atoms with van der Waals surface area (Å²) in [7, 11) is 0. The Bertz CT molecular complexity index is 660. The van der Waals surface area contributed by atoms with Gasteiger partial charge in [0.25, 0.3) is 0 Å². The van der Waals surface area contributed by atoms with Crippen LogP contribution < -0.4 is 16.2 Å². The van der Waals surface area contributed by atoms with Crippen molar-refractivity contribution in [2.75, 3.05) is 5.32 Å². The number of carbonyl (C=O) groups is 3. The van der Waals surface area contributed by atoms with Crippen molar-refractivity contribution >= 4 is 39.3 Å². The second-order valence-electron chi connectivity index (χ2n) is 7.38. The third-order valence-electron chi connectivity index (χ3n) is 4.72. The van der Waals surface area contributed by atoms with Crippen molar-refractivity contribution in [1.82, 2.24) is 10.9 Å². The number of carbonyl (C=O) groups excluding carboxylic acids is 3. The van der Waals surface area contributed by atoms with Crippen LogP contribution in [0.4, 0.5) is 5.69 Å². The molecule has 0 unspecified atom stereocenters. The maximum Gasteiger partial charge on any atom is 0.238 e. The van der Waals surface area contributed by atoms with Gasteiger partial charge in [0, 0.05) is 29.4 Å². The lowest BCUT2D eigenvalue weighted by Crippen LogP contribution is -2.42. The van der Waals surface area contributed by atoms with Gasteiger partial charge in [0.1, 0.15) is 0 Å². The van der Waals surface area contributed by atoms with E-state index < -0.39 is 0 Å². The van der Waals surface area contributed by atoms with Crippen LogP contribution in [0.1, 0.15) is 58.3 Å². The zero-order valence-corrected chi connectivity index (χ0v) is 17.3. The lowest BCUT2D eigenvalue weighted by molar-refractivity contribution is -0.130. The molecule has 1 aromatic carbocycles. The fraction of sp³-hybridized carbons (Fsp3) is 0.550. The summed E-state index contributed by atoms with van der Waals surface area (Å²) in [5.74, 6) is -0.275. The van der Waals surface area contributed by atoms with Crippen LogP contribution in [0.15, 0.2) is 28.7 Å². The third-order valence-corrected chi connectivity index (χ3v) is 5.21. The molecule has 0 spiro atoms. The average Bonchev–Trinajstić information content (AvgIpc) is 2.60. The van der Waals surface area contributed by atoms with Crippen molar-refractivity contribution in [2.45, 2.75) is 58.3 Å². The largest absolute Gasteiger partial charge is 0.326 e. The highest BCUT2D eigenvalue weighted by atomic mass is 79.9. The highest BCUT2D eigenvalue weighted by Gasteiger charge is 2.18. The van der Waals surface area contributed by atoms with Crippen molar-refractivity contribution in [2.24, 2.45) is 11.8 Å². The van der Waals surface area contributed by atoms with E-state index in [-0.39, 0.29) is 36.5 Å². The van der Waals surface area contributed by atoms with Gasteiger partial charge in [0.05, 0.1) is 0 Å². The molecule has 1 aliphatic carbocycles. The summed E-state index contributed by atoms with van der Waals surface area (Å²) in [6.45, 7) is 1.84. The van der Waals surface area contributed by atoms with Crippen molar-refractivity contribution in [1.29, 1.82) is 0 Å². The van der Waals surface area contributed by atoms with Gasteiger partial charge in [0.15, 0.2) is 0 Å². The summed E-state index contributed by atoms with van der Waals surface area (Å²) < 4.78 is 0.886. The second-order valence-corrected chi connectivity index (χ2v) is 8.29. The minimum absolute atomic E-state index is 0.132. The minimum atomic E-state index is -0.283. The Labute approximate surface area is 169 Å². The first-order valence-electron chi connectivity index (χ1n) is 9.55. The van der Waals surface area contributed by atoms with E-state index in [0.717, 1.165) is 17.3 Å². The van der Waals surface area contributed by atoms with E-state index in [0.29, 0.717) is 18.0 Å². The van der Waals surface area contributed by atoms with Gasteiger partial charge < -0.3 is 5.32 Å². The van der Waals surface area contributed by atoms with Gasteiger partial charge in [-0.2, -0.15) is 0 Å². The molecule has 1 aliphatic rings. The number of benzene rings is 1. The minimum Gasteiger partial charge on any atom is -0.326 e. The molecule has 3 N–H and O–H groups in total. The molecular weight excluding hydrogens is 410 g/mol. The molecule has 3 amide bonds. The number of hydrazine groups is 1. The van der Waals surface area contributed by atoms with Gasteiger partial charge in [-0.1, -0.05) is 48.2 Å². The molecule has 0 aliphatic heterocycles. The number of nitrogens with one attached hydrogen (secondary N) is 3. The predicted octanol–water partition coefficient (Wildman–Crippen LogP) is 3.92. The van der Waals surface area contributed by atoms with E-state index >= 15 is 0 Å². The van der Waals surface area contributed by atoms with Crippen molar-refractivity contribution in [3.8, 4) is 0 Å². The normalized spacial score (nSPS) is 15.6. The van der Waals surface area contributed by atoms with E-state index in [2.05, 4.69) is 32.1 Å². The molecule has 0 radical (unpaired) electrons. The molecule has 0 bridgehead atoms. The predicted molar refractivity (Wildman–Crippen MR) is 109 cm³/mol. The molecule has 0 heterocycles. The van der Waals surface area contributed by atoms with Crippen LogP contribution in [0, 0.1) is 11.8 Å². The van der Waals surface area contributed by atoms with E-state index in [1.165, 1.54) is 19.3 Å². The SMILES string of the molecule is C[C@@H](CC(=O)NNC(=O)CC1CCCCC1)CC(=O)Nc1cccc(Br)c1. The first kappa shape index (κ1) is 21.4. The van der Waals surface area contributed by atoms with Crippen molar-refractivity contribution < 1.29 is 14.4 Å². The molecule has 27 heavy (non-hydrogen) atoms. The molecule has 1 saturated carbocycles. The van der Waals surface area contributed by atoms with Gasteiger partial charge in [-0.15, -0.1) is 0 Å². The van der Waals surface area contributed by atoms with Gasteiger partial charge in [-0.05, 0) is 42.9 Å². The summed E-state index contributed by atoms with van der Waals surface area (Å²) >= 11 is 3.36. The highest BCUT2D eigenvalue weighted by Crippen LogP contribution is 2.26. The molecule has 2 rings (SSSR count). The molecule has 148 valence electrons. The molecule has 1 atom stereocenters. The molecule has 7 heteroatoms. The highest BCUT2D eigenvalue weighted by molar-refractivity contribution is 9.10. The standard InChI is InChI=1S/C20H28BrN3O3/c1-14(10-18(25)22-17-9-5-8-16(21)13-17)11-19(26)23-24-20(27)12-15-6-3-2-4-7-15/h5,8-9,13-15H,2-4,6-7,10-12H2,1H3,(H,22,25)(H,23,26)(H,24,27)/t14-/m1/s1. The van der Waals surface area contributed by atoms with E-state index in [1.807, 2.05) is 31.2 Å². The summed E-state index contributed by atoms with van der Waals surface area (Å²) in [6, 6.07) is 7.34. The zero-order valence-electron chi connectivity index (χ0n) is 15.7. The number of anilines is 1. The number of hydrogen-bond acceptors (Lipinski definition) is 3. The molecule has 0 aromatic heterocycles. The second kappa shape index (κ2) is 11.1. The first-order chi connectivity index (χ1) is 12.9. The molecular formula is C20H28BrN3O3. The quantitative estimate of drug-likeness (QED) is 0.564. The zero-order chi connectivity index (χ0) is 19.6. The lowest BCUT2D eigenvalue weighted by Gasteiger charge is -2.21. The summed E-state index contributed by atoms with van der Waals surface area (Å²) in [4.78, 5) is 36.0. The van der Waals surface area contributed by atoms with Crippen LogP contribution in [0.25, 0.3) is 0 Å². The van der Waals surface area contributed by atoms with Gasteiger partial charge in [-0.3, -0.25) is 25.2 Å². The van der Waals surface area contributed by atoms with Crippen LogP contribution in [0.5, 0.6) is 0 Å². The summed E-state index contributed by atoms with van der Waals surface area (Å²) in [5, 5.41) is 2.81. The molecule has 1 aromatic rings. The van der Waals surface area contributed by atoms with Crippen LogP contribution in [-0.4, -0.2) is 17.7 Å². The Morgan fingerprint density at radius 2 is 1.70 bits per heavy atom. The molecule has 6 nitrogen and oxygen atoms in total.